The lowest BCUT2D eigenvalue weighted by Crippen LogP contribution is -2.32. The van der Waals surface area contributed by atoms with Crippen LogP contribution in [-0.4, -0.2) is 25.1 Å². The molecule has 3 rings (SSSR count). The molecule has 0 spiro atoms. The molecule has 0 bridgehead atoms. The predicted molar refractivity (Wildman–Crippen MR) is 136 cm³/mol. The van der Waals surface area contributed by atoms with Gasteiger partial charge in [-0.2, -0.15) is 5.10 Å². The summed E-state index contributed by atoms with van der Waals surface area (Å²) in [6.07, 6.45) is 1.42. The number of halogens is 1. The highest BCUT2D eigenvalue weighted by Gasteiger charge is 2.14. The number of nitrogens with zero attached hydrogens (tertiary/aromatic N) is 1. The van der Waals surface area contributed by atoms with Gasteiger partial charge in [0, 0.05) is 5.69 Å². The molecule has 0 aliphatic rings. The third kappa shape index (κ3) is 6.45. The number of benzene rings is 3. The van der Waals surface area contributed by atoms with Crippen molar-refractivity contribution < 1.29 is 19.1 Å². The van der Waals surface area contributed by atoms with Crippen LogP contribution in [0, 0.1) is 20.8 Å². The van der Waals surface area contributed by atoms with Crippen molar-refractivity contribution in [2.24, 2.45) is 5.10 Å². The van der Waals surface area contributed by atoms with Gasteiger partial charge in [-0.3, -0.25) is 9.59 Å². The SMILES string of the molecule is COc1cc(/C=N/NC(=O)C(=O)Nc2ccc(C)c(C)c2)cc(Br)c1OCc1ccccc1C. The molecule has 3 aromatic rings. The zero-order valence-electron chi connectivity index (χ0n) is 19.4. The summed E-state index contributed by atoms with van der Waals surface area (Å²) in [5, 5.41) is 6.44. The number of hydrogen-bond acceptors (Lipinski definition) is 5. The van der Waals surface area contributed by atoms with E-state index in [-0.39, 0.29) is 0 Å². The minimum atomic E-state index is -0.876. The summed E-state index contributed by atoms with van der Waals surface area (Å²) in [6, 6.07) is 16.9. The molecular weight excluding hydrogens is 498 g/mol. The number of amides is 2. The van der Waals surface area contributed by atoms with Crippen LogP contribution in [0.4, 0.5) is 5.69 Å². The van der Waals surface area contributed by atoms with Gasteiger partial charge in [-0.1, -0.05) is 30.3 Å². The number of hydrogen-bond donors (Lipinski definition) is 2. The fourth-order valence-corrected chi connectivity index (χ4v) is 3.67. The Balaban J connectivity index is 1.63. The van der Waals surface area contributed by atoms with Crippen molar-refractivity contribution in [3.8, 4) is 11.5 Å². The zero-order valence-corrected chi connectivity index (χ0v) is 21.0. The second-order valence-corrected chi connectivity index (χ2v) is 8.56. The van der Waals surface area contributed by atoms with Crippen molar-refractivity contribution in [2.45, 2.75) is 27.4 Å². The quantitative estimate of drug-likeness (QED) is 0.257. The van der Waals surface area contributed by atoms with E-state index in [9.17, 15) is 9.59 Å². The summed E-state index contributed by atoms with van der Waals surface area (Å²) in [4.78, 5) is 24.2. The molecule has 0 fully saturated rings. The predicted octanol–water partition coefficient (Wildman–Crippen LogP) is 5.05. The molecule has 0 saturated carbocycles. The normalized spacial score (nSPS) is 10.7. The Bertz CT molecular complexity index is 1240. The fraction of sp³-hybridized carbons (Fsp3) is 0.192. The van der Waals surface area contributed by atoms with E-state index in [2.05, 4.69) is 31.8 Å². The molecule has 34 heavy (non-hydrogen) atoms. The number of hydrazone groups is 1. The molecule has 176 valence electrons. The van der Waals surface area contributed by atoms with Gasteiger partial charge in [0.05, 0.1) is 17.8 Å². The van der Waals surface area contributed by atoms with Crippen molar-refractivity contribution >= 4 is 39.6 Å². The number of nitrogens with one attached hydrogen (secondary N) is 2. The van der Waals surface area contributed by atoms with Crippen LogP contribution in [0.3, 0.4) is 0 Å². The van der Waals surface area contributed by atoms with E-state index in [1.165, 1.54) is 6.21 Å². The van der Waals surface area contributed by atoms with Crippen molar-refractivity contribution in [1.82, 2.24) is 5.43 Å². The minimum absolute atomic E-state index is 0.390. The van der Waals surface area contributed by atoms with E-state index in [4.69, 9.17) is 9.47 Å². The smallest absolute Gasteiger partial charge is 0.329 e. The maximum absolute atomic E-state index is 12.1. The molecule has 7 nitrogen and oxygen atoms in total. The number of rotatable bonds is 7. The van der Waals surface area contributed by atoms with Gasteiger partial charge in [0.2, 0.25) is 0 Å². The van der Waals surface area contributed by atoms with Crippen LogP contribution in [0.2, 0.25) is 0 Å². The summed E-state index contributed by atoms with van der Waals surface area (Å²) in [7, 11) is 1.54. The Hall–Kier alpha value is -3.65. The van der Waals surface area contributed by atoms with E-state index >= 15 is 0 Å². The van der Waals surface area contributed by atoms with Crippen LogP contribution >= 0.6 is 15.9 Å². The molecule has 2 N–H and O–H groups in total. The highest BCUT2D eigenvalue weighted by atomic mass is 79.9. The fourth-order valence-electron chi connectivity index (χ4n) is 3.10. The molecule has 3 aromatic carbocycles. The van der Waals surface area contributed by atoms with Crippen molar-refractivity contribution in [1.29, 1.82) is 0 Å². The lowest BCUT2D eigenvalue weighted by molar-refractivity contribution is -0.136. The van der Waals surface area contributed by atoms with E-state index in [1.807, 2.05) is 51.1 Å². The molecular formula is C26H26BrN3O4. The molecule has 2 amide bonds. The first kappa shape index (κ1) is 25.0. The van der Waals surface area contributed by atoms with Gasteiger partial charge in [0.15, 0.2) is 11.5 Å². The molecule has 0 radical (unpaired) electrons. The molecule has 0 atom stereocenters. The topological polar surface area (TPSA) is 89.0 Å². The first-order valence-corrected chi connectivity index (χ1v) is 11.3. The molecule has 0 aliphatic carbocycles. The second kappa shape index (κ2) is 11.5. The summed E-state index contributed by atoms with van der Waals surface area (Å²) in [5.41, 5.74) is 7.74. The third-order valence-corrected chi connectivity index (χ3v) is 5.82. The Morgan fingerprint density at radius 1 is 0.971 bits per heavy atom. The monoisotopic (exact) mass is 523 g/mol. The summed E-state index contributed by atoms with van der Waals surface area (Å²) in [6.45, 7) is 6.32. The lowest BCUT2D eigenvalue weighted by Gasteiger charge is -2.14. The summed E-state index contributed by atoms with van der Waals surface area (Å²) < 4.78 is 12.1. The third-order valence-electron chi connectivity index (χ3n) is 5.24. The van der Waals surface area contributed by atoms with Gasteiger partial charge in [0.1, 0.15) is 6.61 Å². The van der Waals surface area contributed by atoms with Gasteiger partial charge in [0.25, 0.3) is 0 Å². The van der Waals surface area contributed by atoms with Gasteiger partial charge in [-0.15, -0.1) is 0 Å². The van der Waals surface area contributed by atoms with E-state index in [1.54, 1.807) is 31.4 Å². The molecule has 0 aliphatic heterocycles. The minimum Gasteiger partial charge on any atom is -0.493 e. The molecule has 0 heterocycles. The number of carbonyl (C=O) groups is 2. The Kier molecular flexibility index (Phi) is 8.43. The average Bonchev–Trinajstić information content (AvgIpc) is 2.81. The second-order valence-electron chi connectivity index (χ2n) is 7.70. The van der Waals surface area contributed by atoms with E-state index in [0.29, 0.717) is 33.8 Å². The Morgan fingerprint density at radius 3 is 2.44 bits per heavy atom. The number of anilines is 1. The molecule has 0 saturated heterocycles. The van der Waals surface area contributed by atoms with Crippen molar-refractivity contribution in [3.05, 3.63) is 86.9 Å². The maximum Gasteiger partial charge on any atom is 0.329 e. The highest BCUT2D eigenvalue weighted by molar-refractivity contribution is 9.10. The number of carbonyl (C=O) groups excluding carboxylic acids is 2. The lowest BCUT2D eigenvalue weighted by atomic mass is 10.1. The summed E-state index contributed by atoms with van der Waals surface area (Å²) in [5.74, 6) is -0.624. The number of methoxy groups -OCH3 is 1. The van der Waals surface area contributed by atoms with Crippen LogP contribution < -0.4 is 20.2 Å². The average molecular weight is 524 g/mol. The summed E-state index contributed by atoms with van der Waals surface area (Å²) >= 11 is 3.50. The van der Waals surface area contributed by atoms with Gasteiger partial charge in [-0.05, 0) is 88.8 Å². The first-order chi connectivity index (χ1) is 16.3. The van der Waals surface area contributed by atoms with Gasteiger partial charge >= 0.3 is 11.8 Å². The van der Waals surface area contributed by atoms with Gasteiger partial charge in [-0.25, -0.2) is 5.43 Å². The Labute approximate surface area is 207 Å². The largest absolute Gasteiger partial charge is 0.493 e. The maximum atomic E-state index is 12.1. The zero-order chi connectivity index (χ0) is 24.7. The number of ether oxygens (including phenoxy) is 2. The van der Waals surface area contributed by atoms with E-state index in [0.717, 1.165) is 22.3 Å². The van der Waals surface area contributed by atoms with Crippen LogP contribution in [0.5, 0.6) is 11.5 Å². The number of aryl methyl sites for hydroxylation is 3. The Morgan fingerprint density at radius 2 is 1.74 bits per heavy atom. The van der Waals surface area contributed by atoms with Gasteiger partial charge < -0.3 is 14.8 Å². The van der Waals surface area contributed by atoms with Crippen LogP contribution in [0.25, 0.3) is 0 Å². The molecule has 0 aromatic heterocycles. The molecule has 0 unspecified atom stereocenters. The van der Waals surface area contributed by atoms with Crippen molar-refractivity contribution in [3.63, 3.8) is 0 Å². The van der Waals surface area contributed by atoms with Crippen LogP contribution in [0.15, 0.2) is 64.2 Å². The highest BCUT2D eigenvalue weighted by Crippen LogP contribution is 2.37. The van der Waals surface area contributed by atoms with Crippen molar-refractivity contribution in [2.75, 3.05) is 12.4 Å². The van der Waals surface area contributed by atoms with Crippen LogP contribution in [0.1, 0.15) is 27.8 Å². The standard InChI is InChI=1S/C26H26BrN3O4/c1-16-9-10-21(11-18(16)3)29-25(31)26(32)30-28-14-19-12-22(27)24(23(13-19)33-4)34-15-20-8-6-5-7-17(20)2/h5-14H,15H2,1-4H3,(H,29,31)(H,30,32)/b28-14+. The van der Waals surface area contributed by atoms with E-state index < -0.39 is 11.8 Å². The molecule has 8 heteroatoms. The van der Waals surface area contributed by atoms with Crippen LogP contribution in [-0.2, 0) is 16.2 Å². The first-order valence-electron chi connectivity index (χ1n) is 10.5.